The number of carbonyl (C=O) groups excluding carboxylic acids is 2. The second kappa shape index (κ2) is 14.3. The lowest BCUT2D eigenvalue weighted by atomic mass is 10.1. The first-order valence-corrected chi connectivity index (χ1v) is 12.3. The number of hydrogen-bond acceptors (Lipinski definition) is 4. The van der Waals surface area contributed by atoms with E-state index >= 15 is 0 Å². The number of benzene rings is 2. The first-order valence-electron chi connectivity index (χ1n) is 12.3. The SMILES string of the molecule is CCOc1ccc(CCC(=O)N(CCc2ccccc2)C(C)C(=O)NCC(C)C)cc1OCC. The van der Waals surface area contributed by atoms with E-state index < -0.39 is 6.04 Å². The number of nitrogens with one attached hydrogen (secondary N) is 1. The number of nitrogens with zero attached hydrogens (tertiary/aromatic N) is 1. The minimum Gasteiger partial charge on any atom is -0.490 e. The van der Waals surface area contributed by atoms with E-state index in [2.05, 4.69) is 19.2 Å². The third-order valence-electron chi connectivity index (χ3n) is 5.57. The lowest BCUT2D eigenvalue weighted by Gasteiger charge is -2.29. The van der Waals surface area contributed by atoms with Crippen molar-refractivity contribution in [2.45, 2.75) is 59.9 Å². The zero-order chi connectivity index (χ0) is 24.9. The fraction of sp³-hybridized carbons (Fsp3) is 0.500. The predicted octanol–water partition coefficient (Wildman–Crippen LogP) is 4.65. The Hall–Kier alpha value is -3.02. The van der Waals surface area contributed by atoms with Gasteiger partial charge >= 0.3 is 0 Å². The summed E-state index contributed by atoms with van der Waals surface area (Å²) in [5, 5.41) is 2.97. The standard InChI is InChI=1S/C28H40N2O4/c1-6-33-25-15-13-24(19-26(25)34-7-2)14-16-27(31)30(18-17-23-11-9-8-10-12-23)22(5)28(32)29-20-21(3)4/h8-13,15,19,21-22H,6-7,14,16-18,20H2,1-5H3,(H,29,32). The molecule has 6 heteroatoms. The summed E-state index contributed by atoms with van der Waals surface area (Å²) in [5.74, 6) is 1.60. The van der Waals surface area contributed by atoms with Crippen molar-refractivity contribution >= 4 is 11.8 Å². The van der Waals surface area contributed by atoms with E-state index in [9.17, 15) is 9.59 Å². The molecule has 0 aromatic heterocycles. The molecule has 186 valence electrons. The quantitative estimate of drug-likeness (QED) is 0.438. The van der Waals surface area contributed by atoms with E-state index in [0.717, 1.165) is 11.1 Å². The van der Waals surface area contributed by atoms with E-state index in [0.29, 0.717) is 63.0 Å². The smallest absolute Gasteiger partial charge is 0.242 e. The average molecular weight is 469 g/mol. The van der Waals surface area contributed by atoms with Gasteiger partial charge in [0.25, 0.3) is 0 Å². The molecule has 0 aliphatic rings. The van der Waals surface area contributed by atoms with Crippen LogP contribution in [0.2, 0.25) is 0 Å². The summed E-state index contributed by atoms with van der Waals surface area (Å²) >= 11 is 0. The fourth-order valence-corrected chi connectivity index (χ4v) is 3.67. The minimum atomic E-state index is -0.533. The van der Waals surface area contributed by atoms with Gasteiger partial charge in [0.05, 0.1) is 13.2 Å². The predicted molar refractivity (Wildman–Crippen MR) is 136 cm³/mol. The molecule has 0 fully saturated rings. The maximum atomic E-state index is 13.3. The maximum Gasteiger partial charge on any atom is 0.242 e. The van der Waals surface area contributed by atoms with E-state index in [1.807, 2.05) is 69.3 Å². The first-order chi connectivity index (χ1) is 16.3. The van der Waals surface area contributed by atoms with Crippen LogP contribution < -0.4 is 14.8 Å². The third-order valence-corrected chi connectivity index (χ3v) is 5.57. The Morgan fingerprint density at radius 3 is 2.21 bits per heavy atom. The Kier molecular flexibility index (Phi) is 11.4. The molecule has 0 spiro atoms. The molecule has 0 saturated heterocycles. The lowest BCUT2D eigenvalue weighted by molar-refractivity contribution is -0.139. The molecule has 34 heavy (non-hydrogen) atoms. The molecule has 0 heterocycles. The Morgan fingerprint density at radius 1 is 0.882 bits per heavy atom. The van der Waals surface area contributed by atoms with Crippen LogP contribution >= 0.6 is 0 Å². The topological polar surface area (TPSA) is 67.9 Å². The van der Waals surface area contributed by atoms with Gasteiger partial charge in [-0.05, 0) is 62.8 Å². The molecule has 0 aliphatic carbocycles. The molecule has 2 aromatic rings. The zero-order valence-electron chi connectivity index (χ0n) is 21.3. The maximum absolute atomic E-state index is 13.3. The highest BCUT2D eigenvalue weighted by atomic mass is 16.5. The van der Waals surface area contributed by atoms with Gasteiger partial charge in [-0.2, -0.15) is 0 Å². The highest BCUT2D eigenvalue weighted by Crippen LogP contribution is 2.29. The minimum absolute atomic E-state index is 0.0324. The molecule has 0 saturated carbocycles. The Bertz CT molecular complexity index is 899. The second-order valence-corrected chi connectivity index (χ2v) is 8.78. The molecule has 6 nitrogen and oxygen atoms in total. The van der Waals surface area contributed by atoms with Gasteiger partial charge in [0.1, 0.15) is 6.04 Å². The van der Waals surface area contributed by atoms with Crippen molar-refractivity contribution in [3.05, 3.63) is 59.7 Å². The normalized spacial score (nSPS) is 11.7. The summed E-state index contributed by atoms with van der Waals surface area (Å²) < 4.78 is 11.3. The Labute approximate surface area is 204 Å². The van der Waals surface area contributed by atoms with Crippen LogP contribution in [0.4, 0.5) is 0 Å². The number of aryl methyl sites for hydroxylation is 1. The molecular formula is C28H40N2O4. The lowest BCUT2D eigenvalue weighted by Crippen LogP contribution is -2.49. The first kappa shape index (κ1) is 27.2. The number of hydrogen-bond donors (Lipinski definition) is 1. The van der Waals surface area contributed by atoms with Gasteiger partial charge in [0, 0.05) is 19.5 Å². The van der Waals surface area contributed by atoms with Crippen molar-refractivity contribution in [2.24, 2.45) is 5.92 Å². The molecule has 0 radical (unpaired) electrons. The summed E-state index contributed by atoms with van der Waals surface area (Å²) in [7, 11) is 0. The molecule has 2 aromatic carbocycles. The summed E-state index contributed by atoms with van der Waals surface area (Å²) in [6, 6.07) is 15.3. The van der Waals surface area contributed by atoms with Crippen LogP contribution in [0.5, 0.6) is 11.5 Å². The summed E-state index contributed by atoms with van der Waals surface area (Å²) in [4.78, 5) is 27.8. The average Bonchev–Trinajstić information content (AvgIpc) is 2.83. The van der Waals surface area contributed by atoms with Crippen molar-refractivity contribution in [3.8, 4) is 11.5 Å². The summed E-state index contributed by atoms with van der Waals surface area (Å²) in [5.41, 5.74) is 2.14. The van der Waals surface area contributed by atoms with Crippen molar-refractivity contribution < 1.29 is 19.1 Å². The molecule has 1 atom stereocenters. The van der Waals surface area contributed by atoms with Crippen LogP contribution in [0.25, 0.3) is 0 Å². The van der Waals surface area contributed by atoms with Crippen LogP contribution in [0.15, 0.2) is 48.5 Å². The van der Waals surface area contributed by atoms with E-state index in [1.165, 1.54) is 0 Å². The molecule has 2 amide bonds. The van der Waals surface area contributed by atoms with Crippen molar-refractivity contribution in [1.82, 2.24) is 10.2 Å². The number of rotatable bonds is 14. The van der Waals surface area contributed by atoms with Gasteiger partial charge in [-0.15, -0.1) is 0 Å². The van der Waals surface area contributed by atoms with E-state index in [1.54, 1.807) is 4.90 Å². The fourth-order valence-electron chi connectivity index (χ4n) is 3.67. The van der Waals surface area contributed by atoms with Gasteiger partial charge in [-0.25, -0.2) is 0 Å². The molecule has 1 unspecified atom stereocenters. The van der Waals surface area contributed by atoms with Gasteiger partial charge in [0.2, 0.25) is 11.8 Å². The monoisotopic (exact) mass is 468 g/mol. The Balaban J connectivity index is 2.10. The zero-order valence-corrected chi connectivity index (χ0v) is 21.3. The number of ether oxygens (including phenoxy) is 2. The van der Waals surface area contributed by atoms with Crippen molar-refractivity contribution in [2.75, 3.05) is 26.3 Å². The van der Waals surface area contributed by atoms with Crippen LogP contribution in [0, 0.1) is 5.92 Å². The van der Waals surface area contributed by atoms with Crippen molar-refractivity contribution in [1.29, 1.82) is 0 Å². The highest BCUT2D eigenvalue weighted by molar-refractivity contribution is 5.87. The van der Waals surface area contributed by atoms with Gasteiger partial charge in [0.15, 0.2) is 11.5 Å². The van der Waals surface area contributed by atoms with Crippen molar-refractivity contribution in [3.63, 3.8) is 0 Å². The molecule has 1 N–H and O–H groups in total. The van der Waals surface area contributed by atoms with E-state index in [4.69, 9.17) is 9.47 Å². The highest BCUT2D eigenvalue weighted by Gasteiger charge is 2.25. The third kappa shape index (κ3) is 8.73. The molecule has 0 aliphatic heterocycles. The van der Waals surface area contributed by atoms with Crippen LogP contribution in [-0.4, -0.2) is 49.1 Å². The van der Waals surface area contributed by atoms with Gasteiger partial charge in [-0.3, -0.25) is 9.59 Å². The number of carbonyl (C=O) groups is 2. The molecule has 2 rings (SSSR count). The summed E-state index contributed by atoms with van der Waals surface area (Å²) in [6.07, 6.45) is 1.58. The van der Waals surface area contributed by atoms with E-state index in [-0.39, 0.29) is 11.8 Å². The van der Waals surface area contributed by atoms with Gasteiger partial charge in [-0.1, -0.05) is 50.2 Å². The molecule has 0 bridgehead atoms. The number of amides is 2. The largest absolute Gasteiger partial charge is 0.490 e. The second-order valence-electron chi connectivity index (χ2n) is 8.78. The summed E-state index contributed by atoms with van der Waals surface area (Å²) in [6.45, 7) is 12.0. The van der Waals surface area contributed by atoms with Crippen LogP contribution in [-0.2, 0) is 22.4 Å². The van der Waals surface area contributed by atoms with Gasteiger partial charge < -0.3 is 19.7 Å². The molecular weight excluding hydrogens is 428 g/mol. The van der Waals surface area contributed by atoms with Crippen LogP contribution in [0.1, 0.15) is 52.2 Å². The Morgan fingerprint density at radius 2 is 1.56 bits per heavy atom. The van der Waals surface area contributed by atoms with Crippen LogP contribution in [0.3, 0.4) is 0 Å².